The Morgan fingerprint density at radius 3 is 2.26 bits per heavy atom. The first-order valence-electron chi connectivity index (χ1n) is 6.92. The first-order valence-corrected chi connectivity index (χ1v) is 6.92. The fraction of sp³-hybridized carbons (Fsp3) is 0.533. The summed E-state index contributed by atoms with van der Waals surface area (Å²) in [4.78, 5) is 13.3. The average Bonchev–Trinajstić information content (AvgIpc) is 3.23. The molecule has 0 bridgehead atoms. The molecule has 19 heavy (non-hydrogen) atoms. The molecule has 0 aromatic heterocycles. The standard InChI is InChI=1S/C15H18FNO2/c16-13-3-1-2-12(15(18)19)14(13)17(8-10-4-5-10)9-11-6-7-11/h1-3,10-11H,4-9H2,(H,18,19). The molecule has 2 aliphatic carbocycles. The van der Waals surface area contributed by atoms with Crippen LogP contribution in [0.4, 0.5) is 10.1 Å². The van der Waals surface area contributed by atoms with Gasteiger partial charge >= 0.3 is 5.97 Å². The number of hydrogen-bond acceptors (Lipinski definition) is 2. The Morgan fingerprint density at radius 2 is 1.79 bits per heavy atom. The monoisotopic (exact) mass is 263 g/mol. The van der Waals surface area contributed by atoms with E-state index in [9.17, 15) is 14.3 Å². The van der Waals surface area contributed by atoms with Gasteiger partial charge < -0.3 is 10.0 Å². The second-order valence-electron chi connectivity index (χ2n) is 5.73. The SMILES string of the molecule is O=C(O)c1cccc(F)c1N(CC1CC1)CC1CC1. The first-order chi connectivity index (χ1) is 9.15. The third-order valence-corrected chi connectivity index (χ3v) is 3.88. The molecule has 1 aromatic carbocycles. The maximum absolute atomic E-state index is 14.1. The van der Waals surface area contributed by atoms with E-state index in [1.54, 1.807) is 0 Å². The van der Waals surface area contributed by atoms with Gasteiger partial charge in [-0.1, -0.05) is 6.07 Å². The molecule has 0 unspecified atom stereocenters. The minimum absolute atomic E-state index is 0.0845. The van der Waals surface area contributed by atoms with Crippen molar-refractivity contribution in [3.8, 4) is 0 Å². The van der Waals surface area contributed by atoms with E-state index in [0.29, 0.717) is 11.8 Å². The van der Waals surface area contributed by atoms with Crippen molar-refractivity contribution in [2.75, 3.05) is 18.0 Å². The molecule has 3 nitrogen and oxygen atoms in total. The summed E-state index contributed by atoms with van der Waals surface area (Å²) in [6, 6.07) is 4.32. The predicted octanol–water partition coefficient (Wildman–Crippen LogP) is 3.15. The van der Waals surface area contributed by atoms with Crippen LogP contribution in [-0.4, -0.2) is 24.2 Å². The topological polar surface area (TPSA) is 40.5 Å². The van der Waals surface area contributed by atoms with Crippen LogP contribution < -0.4 is 4.90 Å². The number of hydrogen-bond donors (Lipinski definition) is 1. The Balaban J connectivity index is 1.92. The van der Waals surface area contributed by atoms with Gasteiger partial charge in [0.1, 0.15) is 5.82 Å². The largest absolute Gasteiger partial charge is 0.478 e. The van der Waals surface area contributed by atoms with E-state index >= 15 is 0 Å². The molecular weight excluding hydrogens is 245 g/mol. The first kappa shape index (κ1) is 12.5. The van der Waals surface area contributed by atoms with Crippen LogP contribution in [0.5, 0.6) is 0 Å². The number of aromatic carboxylic acids is 1. The number of carbonyl (C=O) groups is 1. The zero-order chi connectivity index (χ0) is 13.4. The van der Waals surface area contributed by atoms with Crippen LogP contribution in [0.1, 0.15) is 36.0 Å². The quantitative estimate of drug-likeness (QED) is 0.857. The predicted molar refractivity (Wildman–Crippen MR) is 71.0 cm³/mol. The van der Waals surface area contributed by atoms with Crippen LogP contribution in [0.3, 0.4) is 0 Å². The highest BCUT2D eigenvalue weighted by Crippen LogP contribution is 2.37. The lowest BCUT2D eigenvalue weighted by molar-refractivity contribution is 0.0697. The molecule has 2 saturated carbocycles. The Morgan fingerprint density at radius 1 is 1.21 bits per heavy atom. The van der Waals surface area contributed by atoms with Crippen molar-refractivity contribution in [3.63, 3.8) is 0 Å². The maximum Gasteiger partial charge on any atom is 0.337 e. The van der Waals surface area contributed by atoms with Crippen LogP contribution in [0.25, 0.3) is 0 Å². The van der Waals surface area contributed by atoms with E-state index in [0.717, 1.165) is 13.1 Å². The van der Waals surface area contributed by atoms with E-state index < -0.39 is 11.8 Å². The Kier molecular flexibility index (Phi) is 3.17. The van der Waals surface area contributed by atoms with E-state index in [4.69, 9.17) is 0 Å². The molecule has 0 atom stereocenters. The molecule has 0 spiro atoms. The highest BCUT2D eigenvalue weighted by atomic mass is 19.1. The molecular formula is C15H18FNO2. The molecule has 0 radical (unpaired) electrons. The van der Waals surface area contributed by atoms with Gasteiger partial charge in [0, 0.05) is 13.1 Å². The average molecular weight is 263 g/mol. The summed E-state index contributed by atoms with van der Waals surface area (Å²) in [5.41, 5.74) is 0.370. The molecule has 2 aliphatic rings. The van der Waals surface area contributed by atoms with Gasteiger partial charge in [0.25, 0.3) is 0 Å². The molecule has 0 saturated heterocycles. The number of benzene rings is 1. The Labute approximate surface area is 112 Å². The molecule has 0 heterocycles. The zero-order valence-electron chi connectivity index (χ0n) is 10.8. The van der Waals surface area contributed by atoms with E-state index in [2.05, 4.69) is 0 Å². The van der Waals surface area contributed by atoms with Crippen LogP contribution >= 0.6 is 0 Å². The van der Waals surface area contributed by atoms with Gasteiger partial charge in [-0.25, -0.2) is 9.18 Å². The minimum Gasteiger partial charge on any atom is -0.478 e. The van der Waals surface area contributed by atoms with Gasteiger partial charge in [0.05, 0.1) is 11.3 Å². The summed E-state index contributed by atoms with van der Waals surface area (Å²) in [6.07, 6.45) is 4.71. The van der Waals surface area contributed by atoms with Gasteiger partial charge in [-0.3, -0.25) is 0 Å². The van der Waals surface area contributed by atoms with E-state index in [-0.39, 0.29) is 11.3 Å². The van der Waals surface area contributed by atoms with E-state index in [1.165, 1.54) is 43.9 Å². The summed E-state index contributed by atoms with van der Waals surface area (Å²) in [6.45, 7) is 1.58. The molecule has 2 fully saturated rings. The second-order valence-corrected chi connectivity index (χ2v) is 5.73. The Bertz CT molecular complexity index is 481. The summed E-state index contributed by atoms with van der Waals surface area (Å²) < 4.78 is 14.1. The number of carboxylic acid groups (broad SMARTS) is 1. The van der Waals surface area contributed by atoms with Crippen LogP contribution in [0, 0.1) is 17.7 Å². The third-order valence-electron chi connectivity index (χ3n) is 3.88. The molecule has 1 N–H and O–H groups in total. The van der Waals surface area contributed by atoms with Gasteiger partial charge in [0.2, 0.25) is 0 Å². The number of carboxylic acids is 1. The Hall–Kier alpha value is -1.58. The molecule has 0 amide bonds. The second kappa shape index (κ2) is 4.83. The van der Waals surface area contributed by atoms with Gasteiger partial charge in [-0.2, -0.15) is 0 Å². The van der Waals surface area contributed by atoms with Crippen molar-refractivity contribution >= 4 is 11.7 Å². The van der Waals surface area contributed by atoms with Crippen molar-refractivity contribution in [3.05, 3.63) is 29.6 Å². The highest BCUT2D eigenvalue weighted by molar-refractivity contribution is 5.94. The van der Waals surface area contributed by atoms with Crippen molar-refractivity contribution in [1.29, 1.82) is 0 Å². The van der Waals surface area contributed by atoms with Crippen molar-refractivity contribution in [1.82, 2.24) is 0 Å². The smallest absolute Gasteiger partial charge is 0.337 e. The lowest BCUT2D eigenvalue weighted by atomic mass is 10.1. The summed E-state index contributed by atoms with van der Waals surface area (Å²) in [5, 5.41) is 9.25. The van der Waals surface area contributed by atoms with Crippen LogP contribution in [0.15, 0.2) is 18.2 Å². The number of para-hydroxylation sites is 1. The lowest BCUT2D eigenvalue weighted by Crippen LogP contribution is -2.30. The normalized spacial score (nSPS) is 18.4. The molecule has 0 aliphatic heterocycles. The number of rotatable bonds is 6. The summed E-state index contributed by atoms with van der Waals surface area (Å²) >= 11 is 0. The van der Waals surface area contributed by atoms with Crippen LogP contribution in [0.2, 0.25) is 0 Å². The number of halogens is 1. The van der Waals surface area contributed by atoms with Crippen molar-refractivity contribution in [2.24, 2.45) is 11.8 Å². The van der Waals surface area contributed by atoms with Gasteiger partial charge in [-0.05, 0) is 49.7 Å². The fourth-order valence-electron chi connectivity index (χ4n) is 2.49. The fourth-order valence-corrected chi connectivity index (χ4v) is 2.49. The summed E-state index contributed by atoms with van der Waals surface area (Å²) in [5.74, 6) is -0.243. The van der Waals surface area contributed by atoms with Gasteiger partial charge in [-0.15, -0.1) is 0 Å². The number of anilines is 1. The van der Waals surface area contributed by atoms with Crippen LogP contribution in [-0.2, 0) is 0 Å². The lowest BCUT2D eigenvalue weighted by Gasteiger charge is -2.26. The van der Waals surface area contributed by atoms with E-state index in [1.807, 2.05) is 4.90 Å². The van der Waals surface area contributed by atoms with Crippen molar-refractivity contribution < 1.29 is 14.3 Å². The molecule has 1 aromatic rings. The van der Waals surface area contributed by atoms with Crippen molar-refractivity contribution in [2.45, 2.75) is 25.7 Å². The molecule has 102 valence electrons. The maximum atomic E-state index is 14.1. The minimum atomic E-state index is -1.05. The third kappa shape index (κ3) is 2.88. The molecule has 4 heteroatoms. The summed E-state index contributed by atoms with van der Waals surface area (Å²) in [7, 11) is 0. The highest BCUT2D eigenvalue weighted by Gasteiger charge is 2.32. The van der Waals surface area contributed by atoms with Gasteiger partial charge in [0.15, 0.2) is 0 Å². The number of nitrogens with zero attached hydrogens (tertiary/aromatic N) is 1. The molecule has 3 rings (SSSR count). The zero-order valence-corrected chi connectivity index (χ0v) is 10.8.